The van der Waals surface area contributed by atoms with Crippen molar-refractivity contribution >= 4 is 5.97 Å². The van der Waals surface area contributed by atoms with Gasteiger partial charge in [0.15, 0.2) is 0 Å². The molecule has 1 heterocycles. The van der Waals surface area contributed by atoms with Crippen molar-refractivity contribution < 1.29 is 14.3 Å². The molecule has 1 atom stereocenters. The van der Waals surface area contributed by atoms with Gasteiger partial charge in [-0.2, -0.15) is 0 Å². The van der Waals surface area contributed by atoms with E-state index >= 15 is 0 Å². The Morgan fingerprint density at radius 2 is 2.11 bits per heavy atom. The highest BCUT2D eigenvalue weighted by molar-refractivity contribution is 5.86. The number of hydrogen-bond donors (Lipinski definition) is 1. The molecule has 1 unspecified atom stereocenters. The first-order valence-electron chi connectivity index (χ1n) is 6.42. The Morgan fingerprint density at radius 3 is 2.72 bits per heavy atom. The van der Waals surface area contributed by atoms with E-state index in [0.717, 1.165) is 18.7 Å². The standard InChI is InChI=1S/C13H20N2O3/c1-17-11(9-6-4-3-5-7-9)12-14-8-10(15-12)13(16)18-2/h8-9,11H,3-7H2,1-2H3,(H,14,15). The SMILES string of the molecule is COC(=O)c1cnc(C(OC)C2CCCCC2)[nH]1. The average molecular weight is 252 g/mol. The molecule has 1 aromatic rings. The quantitative estimate of drug-likeness (QED) is 0.836. The zero-order chi connectivity index (χ0) is 13.0. The van der Waals surface area contributed by atoms with Gasteiger partial charge in [0.25, 0.3) is 0 Å². The summed E-state index contributed by atoms with van der Waals surface area (Å²) in [6.07, 6.45) is 7.57. The molecule has 0 bridgehead atoms. The number of hydrogen-bond acceptors (Lipinski definition) is 4. The predicted molar refractivity (Wildman–Crippen MR) is 66.3 cm³/mol. The summed E-state index contributed by atoms with van der Waals surface area (Å²) >= 11 is 0. The van der Waals surface area contributed by atoms with Crippen molar-refractivity contribution in [2.45, 2.75) is 38.2 Å². The van der Waals surface area contributed by atoms with Crippen molar-refractivity contribution in [3.8, 4) is 0 Å². The maximum atomic E-state index is 11.4. The van der Waals surface area contributed by atoms with E-state index < -0.39 is 5.97 Å². The van der Waals surface area contributed by atoms with Crippen molar-refractivity contribution in [3.63, 3.8) is 0 Å². The molecular formula is C13H20N2O3. The number of aromatic amines is 1. The van der Waals surface area contributed by atoms with Crippen LogP contribution in [0.2, 0.25) is 0 Å². The largest absolute Gasteiger partial charge is 0.464 e. The molecule has 2 rings (SSSR count). The Balaban J connectivity index is 2.11. The van der Waals surface area contributed by atoms with Gasteiger partial charge in [0.1, 0.15) is 17.6 Å². The second-order valence-electron chi connectivity index (χ2n) is 4.73. The van der Waals surface area contributed by atoms with E-state index in [2.05, 4.69) is 14.7 Å². The smallest absolute Gasteiger partial charge is 0.356 e. The number of esters is 1. The van der Waals surface area contributed by atoms with Gasteiger partial charge in [0, 0.05) is 7.11 Å². The molecule has 100 valence electrons. The van der Waals surface area contributed by atoms with Crippen LogP contribution in [0.15, 0.2) is 6.20 Å². The second-order valence-corrected chi connectivity index (χ2v) is 4.73. The summed E-state index contributed by atoms with van der Waals surface area (Å²) in [5.74, 6) is 0.817. The van der Waals surface area contributed by atoms with Gasteiger partial charge in [-0.1, -0.05) is 19.3 Å². The predicted octanol–water partition coefficient (Wildman–Crippen LogP) is 2.46. The molecule has 1 aliphatic carbocycles. The number of carbonyl (C=O) groups is 1. The fourth-order valence-corrected chi connectivity index (χ4v) is 2.66. The number of aromatic nitrogens is 2. The third kappa shape index (κ3) is 2.72. The summed E-state index contributed by atoms with van der Waals surface area (Å²) in [5.41, 5.74) is 0.380. The number of nitrogens with zero attached hydrogens (tertiary/aromatic N) is 1. The first kappa shape index (κ1) is 13.1. The highest BCUT2D eigenvalue weighted by atomic mass is 16.5. The molecule has 1 N–H and O–H groups in total. The van der Waals surface area contributed by atoms with Gasteiger partial charge in [-0.25, -0.2) is 9.78 Å². The first-order valence-corrected chi connectivity index (χ1v) is 6.42. The number of H-pyrrole nitrogens is 1. The summed E-state index contributed by atoms with van der Waals surface area (Å²) in [4.78, 5) is 18.6. The number of rotatable bonds is 4. The molecule has 1 aromatic heterocycles. The molecule has 0 saturated heterocycles. The normalized spacial score (nSPS) is 18.6. The molecule has 0 amide bonds. The zero-order valence-corrected chi connectivity index (χ0v) is 10.9. The van der Waals surface area contributed by atoms with Crippen LogP contribution in [0.3, 0.4) is 0 Å². The lowest BCUT2D eigenvalue weighted by Crippen LogP contribution is -2.19. The fraction of sp³-hybridized carbons (Fsp3) is 0.692. The summed E-state index contributed by atoms with van der Waals surface area (Å²) in [6, 6.07) is 0. The van der Waals surface area contributed by atoms with Crippen molar-refractivity contribution in [3.05, 3.63) is 17.7 Å². The van der Waals surface area contributed by atoms with Gasteiger partial charge in [-0.15, -0.1) is 0 Å². The Kier molecular flexibility index (Phi) is 4.36. The van der Waals surface area contributed by atoms with E-state index in [1.54, 1.807) is 7.11 Å². The summed E-state index contributed by atoms with van der Waals surface area (Å²) in [5, 5.41) is 0. The van der Waals surface area contributed by atoms with E-state index in [1.807, 2.05) is 0 Å². The molecule has 0 spiro atoms. The monoisotopic (exact) mass is 252 g/mol. The minimum Gasteiger partial charge on any atom is -0.464 e. The number of methoxy groups -OCH3 is 2. The highest BCUT2D eigenvalue weighted by Gasteiger charge is 2.27. The van der Waals surface area contributed by atoms with Crippen molar-refractivity contribution in [1.29, 1.82) is 0 Å². The number of nitrogens with one attached hydrogen (secondary N) is 1. The third-order valence-corrected chi connectivity index (χ3v) is 3.60. The van der Waals surface area contributed by atoms with Gasteiger partial charge in [0.05, 0.1) is 13.3 Å². The summed E-state index contributed by atoms with van der Waals surface area (Å²) < 4.78 is 10.2. The minimum atomic E-state index is -0.396. The Labute approximate surface area is 107 Å². The fourth-order valence-electron chi connectivity index (χ4n) is 2.66. The van der Waals surface area contributed by atoms with Crippen LogP contribution in [0.1, 0.15) is 54.5 Å². The van der Waals surface area contributed by atoms with Crippen LogP contribution in [0, 0.1) is 5.92 Å². The van der Waals surface area contributed by atoms with E-state index in [-0.39, 0.29) is 6.10 Å². The van der Waals surface area contributed by atoms with Crippen LogP contribution >= 0.6 is 0 Å². The zero-order valence-electron chi connectivity index (χ0n) is 10.9. The Hall–Kier alpha value is -1.36. The van der Waals surface area contributed by atoms with Crippen molar-refractivity contribution in [1.82, 2.24) is 9.97 Å². The number of imidazole rings is 1. The third-order valence-electron chi connectivity index (χ3n) is 3.60. The maximum Gasteiger partial charge on any atom is 0.356 e. The van der Waals surface area contributed by atoms with Crippen LogP contribution in [0.4, 0.5) is 0 Å². The van der Waals surface area contributed by atoms with Gasteiger partial charge in [-0.3, -0.25) is 0 Å². The van der Waals surface area contributed by atoms with Gasteiger partial charge >= 0.3 is 5.97 Å². The molecule has 18 heavy (non-hydrogen) atoms. The molecule has 5 nitrogen and oxygen atoms in total. The van der Waals surface area contributed by atoms with Gasteiger partial charge < -0.3 is 14.5 Å². The van der Waals surface area contributed by atoms with E-state index in [1.165, 1.54) is 32.6 Å². The van der Waals surface area contributed by atoms with Crippen molar-refractivity contribution in [2.75, 3.05) is 14.2 Å². The highest BCUT2D eigenvalue weighted by Crippen LogP contribution is 2.35. The Bertz CT molecular complexity index is 397. The van der Waals surface area contributed by atoms with E-state index in [4.69, 9.17) is 4.74 Å². The van der Waals surface area contributed by atoms with Crippen LogP contribution in [-0.2, 0) is 9.47 Å². The van der Waals surface area contributed by atoms with Gasteiger partial charge in [-0.05, 0) is 18.8 Å². The lowest BCUT2D eigenvalue weighted by molar-refractivity contribution is 0.0293. The molecule has 0 aromatic carbocycles. The van der Waals surface area contributed by atoms with E-state index in [9.17, 15) is 4.79 Å². The molecule has 1 fully saturated rings. The molecule has 5 heteroatoms. The van der Waals surface area contributed by atoms with Crippen molar-refractivity contribution in [2.24, 2.45) is 5.92 Å². The lowest BCUT2D eigenvalue weighted by Gasteiger charge is -2.27. The second kappa shape index (κ2) is 6.00. The average Bonchev–Trinajstić information content (AvgIpc) is 2.89. The number of carbonyl (C=O) groups excluding carboxylic acids is 1. The minimum absolute atomic E-state index is 0.0521. The molecule has 1 saturated carbocycles. The maximum absolute atomic E-state index is 11.4. The van der Waals surface area contributed by atoms with Crippen LogP contribution in [0.5, 0.6) is 0 Å². The summed E-state index contributed by atoms with van der Waals surface area (Å²) in [6.45, 7) is 0. The first-order chi connectivity index (χ1) is 8.76. The molecule has 0 radical (unpaired) electrons. The van der Waals surface area contributed by atoms with Crippen LogP contribution in [-0.4, -0.2) is 30.2 Å². The van der Waals surface area contributed by atoms with Crippen LogP contribution in [0.25, 0.3) is 0 Å². The van der Waals surface area contributed by atoms with E-state index in [0.29, 0.717) is 11.6 Å². The molecular weight excluding hydrogens is 232 g/mol. The summed E-state index contributed by atoms with van der Waals surface area (Å²) in [7, 11) is 3.05. The molecule has 1 aliphatic rings. The number of ether oxygens (including phenoxy) is 2. The lowest BCUT2D eigenvalue weighted by atomic mass is 9.85. The Morgan fingerprint density at radius 1 is 1.39 bits per heavy atom. The van der Waals surface area contributed by atoms with Crippen LogP contribution < -0.4 is 0 Å². The van der Waals surface area contributed by atoms with Gasteiger partial charge in [0.2, 0.25) is 0 Å². The molecule has 0 aliphatic heterocycles. The topological polar surface area (TPSA) is 64.2 Å².